The summed E-state index contributed by atoms with van der Waals surface area (Å²) in [5.41, 5.74) is 0.961. The summed E-state index contributed by atoms with van der Waals surface area (Å²) < 4.78 is 1.46. The molecule has 1 aromatic carbocycles. The van der Waals surface area contributed by atoms with Crippen LogP contribution in [0.25, 0.3) is 11.0 Å². The predicted molar refractivity (Wildman–Crippen MR) is 128 cm³/mol. The minimum Gasteiger partial charge on any atom is -0.339 e. The van der Waals surface area contributed by atoms with Crippen LogP contribution < -0.4 is 11.2 Å². The van der Waals surface area contributed by atoms with Crippen molar-refractivity contribution in [1.82, 2.24) is 19.4 Å². The van der Waals surface area contributed by atoms with Crippen LogP contribution >= 0.6 is 0 Å². The molecule has 8 heteroatoms. The lowest BCUT2D eigenvalue weighted by Crippen LogP contribution is -2.41. The number of ketones is 1. The Balaban J connectivity index is 1.47. The summed E-state index contributed by atoms with van der Waals surface area (Å²) in [6, 6.07) is 11.0. The third-order valence-corrected chi connectivity index (χ3v) is 6.85. The lowest BCUT2D eigenvalue weighted by molar-refractivity contribution is 0.0651. The summed E-state index contributed by atoms with van der Waals surface area (Å²) in [7, 11) is 0. The number of Topliss-reactive ketones (excluding diaryl/α,β-unsaturated/α-hetero) is 1. The summed E-state index contributed by atoms with van der Waals surface area (Å²) in [4.78, 5) is 60.5. The molecule has 5 rings (SSSR count). The molecule has 0 bridgehead atoms. The van der Waals surface area contributed by atoms with Gasteiger partial charge < -0.3 is 4.90 Å². The van der Waals surface area contributed by atoms with Crippen molar-refractivity contribution in [3.8, 4) is 0 Å². The second kappa shape index (κ2) is 9.00. The average molecular weight is 461 g/mol. The van der Waals surface area contributed by atoms with Crippen LogP contribution in [0.3, 0.4) is 0 Å². The van der Waals surface area contributed by atoms with Gasteiger partial charge in [-0.25, -0.2) is 9.78 Å². The van der Waals surface area contributed by atoms with Crippen molar-refractivity contribution in [2.45, 2.75) is 51.5 Å². The first kappa shape index (κ1) is 22.3. The molecule has 1 saturated heterocycles. The highest BCUT2D eigenvalue weighted by atomic mass is 16.2. The number of carbonyl (C=O) groups is 2. The van der Waals surface area contributed by atoms with Gasteiger partial charge in [-0.05, 0) is 38.2 Å². The highest BCUT2D eigenvalue weighted by Gasteiger charge is 2.32. The van der Waals surface area contributed by atoms with Crippen LogP contribution in [0.15, 0.2) is 46.0 Å². The molecule has 1 N–H and O–H groups in total. The zero-order valence-electron chi connectivity index (χ0n) is 19.3. The highest BCUT2D eigenvalue weighted by Crippen LogP contribution is 2.40. The van der Waals surface area contributed by atoms with Crippen LogP contribution in [0.4, 0.5) is 0 Å². The number of carbonyl (C=O) groups excluding carboxylic acids is 2. The summed E-state index contributed by atoms with van der Waals surface area (Å²) in [5, 5.41) is 0.171. The van der Waals surface area contributed by atoms with E-state index in [2.05, 4.69) is 9.97 Å². The van der Waals surface area contributed by atoms with Crippen LogP contribution in [-0.4, -0.2) is 44.2 Å². The number of fused-ring (bicyclic) bond motifs is 1. The Kier molecular flexibility index (Phi) is 5.89. The van der Waals surface area contributed by atoms with E-state index in [4.69, 9.17) is 0 Å². The number of benzene rings is 1. The number of aryl methyl sites for hydroxylation is 1. The van der Waals surface area contributed by atoms with Gasteiger partial charge in [0.15, 0.2) is 11.4 Å². The van der Waals surface area contributed by atoms with E-state index in [0.717, 1.165) is 18.5 Å². The molecular formula is C26H28N4O4. The van der Waals surface area contributed by atoms with Crippen LogP contribution in [0.2, 0.25) is 0 Å². The van der Waals surface area contributed by atoms with E-state index in [1.54, 1.807) is 11.0 Å². The first-order valence-electron chi connectivity index (χ1n) is 12.0. The van der Waals surface area contributed by atoms with Crippen LogP contribution in [0, 0.1) is 5.92 Å². The molecule has 2 aliphatic rings. The van der Waals surface area contributed by atoms with E-state index in [1.165, 1.54) is 4.57 Å². The fraction of sp³-hybridized carbons (Fsp3) is 0.423. The first-order valence-corrected chi connectivity index (χ1v) is 12.0. The molecule has 3 heterocycles. The summed E-state index contributed by atoms with van der Waals surface area (Å²) in [5.74, 6) is 0.000608. The second-order valence-electron chi connectivity index (χ2n) is 9.28. The molecule has 0 spiro atoms. The number of likely N-dealkylation sites (tertiary alicyclic amines) is 1. The lowest BCUT2D eigenvalue weighted by Gasteiger charge is -2.31. The van der Waals surface area contributed by atoms with Gasteiger partial charge in [0, 0.05) is 42.7 Å². The number of H-pyrrole nitrogens is 1. The third kappa shape index (κ3) is 4.08. The summed E-state index contributed by atoms with van der Waals surface area (Å²) in [6.45, 7) is 3.24. The molecule has 176 valence electrons. The number of amides is 1. The topological polar surface area (TPSA) is 105 Å². The van der Waals surface area contributed by atoms with Gasteiger partial charge in [0.05, 0.1) is 10.9 Å². The van der Waals surface area contributed by atoms with Gasteiger partial charge in [-0.2, -0.15) is 0 Å². The standard InChI is InChI=1S/C26H28N4O4/c1-2-12-30-23-21(24(32)28-26(30)34)19(15-20(27-23)16-8-9-16)25(33)29-13-10-18(11-14-29)22(31)17-6-4-3-5-7-17/h3-7,15-16,18H,2,8-14H2,1H3,(H,28,32,34). The van der Waals surface area contributed by atoms with E-state index in [9.17, 15) is 19.2 Å². The Labute approximate surface area is 196 Å². The fourth-order valence-corrected chi connectivity index (χ4v) is 4.83. The van der Waals surface area contributed by atoms with Gasteiger partial charge in [0.25, 0.3) is 11.5 Å². The van der Waals surface area contributed by atoms with Crippen molar-refractivity contribution in [3.63, 3.8) is 0 Å². The Morgan fingerprint density at radius 3 is 2.41 bits per heavy atom. The Morgan fingerprint density at radius 1 is 1.06 bits per heavy atom. The van der Waals surface area contributed by atoms with Crippen LogP contribution in [0.5, 0.6) is 0 Å². The zero-order chi connectivity index (χ0) is 23.8. The smallest absolute Gasteiger partial charge is 0.329 e. The molecule has 3 aromatic rings. The number of piperidine rings is 1. The fourth-order valence-electron chi connectivity index (χ4n) is 4.83. The second-order valence-corrected chi connectivity index (χ2v) is 9.28. The van der Waals surface area contributed by atoms with Crippen LogP contribution in [0.1, 0.15) is 71.4 Å². The largest absolute Gasteiger partial charge is 0.339 e. The number of nitrogens with zero attached hydrogens (tertiary/aromatic N) is 3. The number of nitrogens with one attached hydrogen (secondary N) is 1. The van der Waals surface area contributed by atoms with E-state index in [0.29, 0.717) is 50.0 Å². The molecule has 1 aliphatic heterocycles. The van der Waals surface area contributed by atoms with Crippen molar-refractivity contribution in [2.75, 3.05) is 13.1 Å². The molecule has 8 nitrogen and oxygen atoms in total. The molecule has 0 radical (unpaired) electrons. The van der Waals surface area contributed by atoms with Crippen molar-refractivity contribution >= 4 is 22.7 Å². The zero-order valence-corrected chi connectivity index (χ0v) is 19.3. The highest BCUT2D eigenvalue weighted by molar-refractivity contribution is 6.05. The molecule has 0 unspecified atom stereocenters. The normalized spacial score (nSPS) is 16.7. The molecule has 1 saturated carbocycles. The maximum absolute atomic E-state index is 13.6. The SMILES string of the molecule is CCCn1c(=O)[nH]c(=O)c2c(C(=O)N3CCC(C(=O)c4ccccc4)CC3)cc(C3CC3)nc21. The summed E-state index contributed by atoms with van der Waals surface area (Å²) in [6.07, 6.45) is 3.83. The van der Waals surface area contributed by atoms with E-state index < -0.39 is 11.2 Å². The van der Waals surface area contributed by atoms with E-state index >= 15 is 0 Å². The van der Waals surface area contributed by atoms with Crippen molar-refractivity contribution < 1.29 is 9.59 Å². The molecule has 1 amide bonds. The lowest BCUT2D eigenvalue weighted by atomic mass is 9.88. The van der Waals surface area contributed by atoms with Gasteiger partial charge in [-0.15, -0.1) is 0 Å². The van der Waals surface area contributed by atoms with Gasteiger partial charge in [0.1, 0.15) is 0 Å². The van der Waals surface area contributed by atoms with Gasteiger partial charge in [-0.1, -0.05) is 37.3 Å². The average Bonchev–Trinajstić information content (AvgIpc) is 3.71. The first-order chi connectivity index (χ1) is 16.5. The number of pyridine rings is 1. The van der Waals surface area contributed by atoms with Gasteiger partial charge >= 0.3 is 5.69 Å². The molecule has 1 aliphatic carbocycles. The van der Waals surface area contributed by atoms with E-state index in [1.807, 2.05) is 37.3 Å². The minimum atomic E-state index is -0.584. The molecular weight excluding hydrogens is 432 g/mol. The number of hydrogen-bond donors (Lipinski definition) is 1. The Hall–Kier alpha value is -3.55. The van der Waals surface area contributed by atoms with Crippen molar-refractivity contribution in [2.24, 2.45) is 5.92 Å². The number of aromatic amines is 1. The molecule has 0 atom stereocenters. The predicted octanol–water partition coefficient (Wildman–Crippen LogP) is 3.11. The molecule has 2 aromatic heterocycles. The summed E-state index contributed by atoms with van der Waals surface area (Å²) >= 11 is 0. The maximum Gasteiger partial charge on any atom is 0.329 e. The molecule has 2 fully saturated rings. The maximum atomic E-state index is 13.6. The van der Waals surface area contributed by atoms with Crippen LogP contribution in [-0.2, 0) is 6.54 Å². The van der Waals surface area contributed by atoms with Gasteiger partial charge in [0.2, 0.25) is 0 Å². The third-order valence-electron chi connectivity index (χ3n) is 6.85. The monoisotopic (exact) mass is 460 g/mol. The quantitative estimate of drug-likeness (QED) is 0.569. The number of aromatic nitrogens is 3. The minimum absolute atomic E-state index is 0.109. The molecule has 34 heavy (non-hydrogen) atoms. The van der Waals surface area contributed by atoms with Crippen molar-refractivity contribution in [3.05, 3.63) is 74.1 Å². The van der Waals surface area contributed by atoms with Gasteiger partial charge in [-0.3, -0.25) is 23.9 Å². The number of hydrogen-bond acceptors (Lipinski definition) is 5. The van der Waals surface area contributed by atoms with Crippen molar-refractivity contribution in [1.29, 1.82) is 0 Å². The Bertz CT molecular complexity index is 1360. The Morgan fingerprint density at radius 2 is 1.76 bits per heavy atom. The number of rotatable bonds is 6. The van der Waals surface area contributed by atoms with E-state index in [-0.39, 0.29) is 34.6 Å².